The number of nitrogens with one attached hydrogen (secondary N) is 1. The summed E-state index contributed by atoms with van der Waals surface area (Å²) in [4.78, 5) is 25.9. The lowest BCUT2D eigenvalue weighted by Gasteiger charge is -2.27. The molecule has 0 saturated heterocycles. The number of carbonyl (C=O) groups is 2. The highest BCUT2D eigenvalue weighted by Crippen LogP contribution is 2.35. The van der Waals surface area contributed by atoms with Crippen molar-refractivity contribution >= 4 is 17.5 Å². The van der Waals surface area contributed by atoms with E-state index in [1.807, 2.05) is 30.3 Å². The standard InChI is InChI=1S/C27H38N2O3/c1-26(2,3)20-13-14-23(22(17-20)27(4,5)6)32-18-24(30)28-21-11-9-10-19(16-21)12-15-25(31)29(7)8/h9-11,13-14,16-17H,12,15,18H2,1-8H3,(H,28,30). The first-order valence-electron chi connectivity index (χ1n) is 11.1. The van der Waals surface area contributed by atoms with Gasteiger partial charge in [-0.3, -0.25) is 9.59 Å². The quantitative estimate of drug-likeness (QED) is 0.636. The molecule has 2 rings (SSSR count). The van der Waals surface area contributed by atoms with Crippen molar-refractivity contribution < 1.29 is 14.3 Å². The molecule has 0 aliphatic rings. The maximum absolute atomic E-state index is 12.5. The Hall–Kier alpha value is -2.82. The summed E-state index contributed by atoms with van der Waals surface area (Å²) in [5.74, 6) is 0.600. The number of hydrogen-bond acceptors (Lipinski definition) is 3. The van der Waals surface area contributed by atoms with Crippen LogP contribution in [0, 0.1) is 0 Å². The number of rotatable bonds is 7. The monoisotopic (exact) mass is 438 g/mol. The minimum absolute atomic E-state index is 0.0398. The average Bonchev–Trinajstić information content (AvgIpc) is 2.69. The third-order valence-electron chi connectivity index (χ3n) is 5.35. The van der Waals surface area contributed by atoms with Crippen molar-refractivity contribution in [2.24, 2.45) is 0 Å². The second-order valence-electron chi connectivity index (χ2n) is 10.5. The first-order chi connectivity index (χ1) is 14.8. The van der Waals surface area contributed by atoms with Gasteiger partial charge in [0.1, 0.15) is 5.75 Å². The van der Waals surface area contributed by atoms with E-state index in [-0.39, 0.29) is 29.3 Å². The molecule has 5 nitrogen and oxygen atoms in total. The van der Waals surface area contributed by atoms with Crippen molar-refractivity contribution in [2.75, 3.05) is 26.0 Å². The highest BCUT2D eigenvalue weighted by molar-refractivity contribution is 5.92. The van der Waals surface area contributed by atoms with E-state index >= 15 is 0 Å². The van der Waals surface area contributed by atoms with Gasteiger partial charge in [0, 0.05) is 26.2 Å². The molecule has 0 unspecified atom stereocenters. The molecule has 5 heteroatoms. The van der Waals surface area contributed by atoms with Crippen molar-refractivity contribution in [2.45, 2.75) is 65.2 Å². The Kier molecular flexibility index (Phi) is 8.11. The largest absolute Gasteiger partial charge is 0.483 e. The van der Waals surface area contributed by atoms with Gasteiger partial charge in [0.05, 0.1) is 0 Å². The average molecular weight is 439 g/mol. The summed E-state index contributed by atoms with van der Waals surface area (Å²) in [7, 11) is 3.50. The summed E-state index contributed by atoms with van der Waals surface area (Å²) in [5, 5.41) is 2.90. The van der Waals surface area contributed by atoms with E-state index < -0.39 is 0 Å². The zero-order chi connectivity index (χ0) is 24.1. The lowest BCUT2D eigenvalue weighted by Crippen LogP contribution is -2.23. The molecule has 0 bridgehead atoms. The van der Waals surface area contributed by atoms with Crippen molar-refractivity contribution in [1.82, 2.24) is 4.90 Å². The number of carbonyl (C=O) groups excluding carboxylic acids is 2. The zero-order valence-electron chi connectivity index (χ0n) is 20.8. The van der Waals surface area contributed by atoms with Gasteiger partial charge in [0.25, 0.3) is 5.91 Å². The van der Waals surface area contributed by atoms with Crippen LogP contribution in [0.3, 0.4) is 0 Å². The number of ether oxygens (including phenoxy) is 1. The second-order valence-corrected chi connectivity index (χ2v) is 10.5. The van der Waals surface area contributed by atoms with Gasteiger partial charge in [-0.15, -0.1) is 0 Å². The van der Waals surface area contributed by atoms with E-state index in [1.54, 1.807) is 19.0 Å². The SMILES string of the molecule is CN(C)C(=O)CCc1cccc(NC(=O)COc2ccc(C(C)(C)C)cc2C(C)(C)C)c1. The molecule has 2 aromatic carbocycles. The van der Waals surface area contributed by atoms with Gasteiger partial charge in [0.2, 0.25) is 5.91 Å². The fraction of sp³-hybridized carbons (Fsp3) is 0.481. The van der Waals surface area contributed by atoms with Crippen LogP contribution in [0.4, 0.5) is 5.69 Å². The molecule has 174 valence electrons. The third-order valence-corrected chi connectivity index (χ3v) is 5.35. The van der Waals surface area contributed by atoms with Crippen LogP contribution in [-0.4, -0.2) is 37.4 Å². The molecule has 0 spiro atoms. The Labute approximate surface area is 193 Å². The minimum atomic E-state index is -0.216. The molecule has 0 saturated carbocycles. The summed E-state index contributed by atoms with van der Waals surface area (Å²) in [6.07, 6.45) is 1.07. The van der Waals surface area contributed by atoms with Crippen molar-refractivity contribution in [3.8, 4) is 5.75 Å². The Morgan fingerprint density at radius 1 is 0.938 bits per heavy atom. The summed E-state index contributed by atoms with van der Waals surface area (Å²) >= 11 is 0. The minimum Gasteiger partial charge on any atom is -0.483 e. The van der Waals surface area contributed by atoms with Crippen LogP contribution in [0.5, 0.6) is 5.75 Å². The second kappa shape index (κ2) is 10.2. The van der Waals surface area contributed by atoms with Gasteiger partial charge in [-0.05, 0) is 52.1 Å². The fourth-order valence-corrected chi connectivity index (χ4v) is 3.33. The topological polar surface area (TPSA) is 58.6 Å². The lowest BCUT2D eigenvalue weighted by molar-refractivity contribution is -0.128. The van der Waals surface area contributed by atoms with Gasteiger partial charge in [0.15, 0.2) is 6.61 Å². The number of nitrogens with zero attached hydrogens (tertiary/aromatic N) is 1. The molecule has 1 N–H and O–H groups in total. The van der Waals surface area contributed by atoms with E-state index in [1.165, 1.54) is 5.56 Å². The summed E-state index contributed by atoms with van der Waals surface area (Å²) in [6.45, 7) is 12.9. The molecule has 0 radical (unpaired) electrons. The lowest BCUT2D eigenvalue weighted by atomic mass is 9.80. The van der Waals surface area contributed by atoms with Gasteiger partial charge < -0.3 is 15.0 Å². The van der Waals surface area contributed by atoms with Gasteiger partial charge in [-0.1, -0.05) is 65.8 Å². The van der Waals surface area contributed by atoms with Crippen LogP contribution in [0.15, 0.2) is 42.5 Å². The highest BCUT2D eigenvalue weighted by Gasteiger charge is 2.23. The van der Waals surface area contributed by atoms with Crippen molar-refractivity contribution in [3.05, 3.63) is 59.2 Å². The molecular weight excluding hydrogens is 400 g/mol. The first kappa shape index (κ1) is 25.4. The third kappa shape index (κ3) is 7.40. The van der Waals surface area contributed by atoms with Gasteiger partial charge in [-0.2, -0.15) is 0 Å². The first-order valence-corrected chi connectivity index (χ1v) is 11.1. The number of hydrogen-bond donors (Lipinski definition) is 1. The highest BCUT2D eigenvalue weighted by atomic mass is 16.5. The molecule has 0 heterocycles. The van der Waals surface area contributed by atoms with Crippen LogP contribution >= 0.6 is 0 Å². The maximum Gasteiger partial charge on any atom is 0.262 e. The van der Waals surface area contributed by atoms with Crippen LogP contribution in [0.25, 0.3) is 0 Å². The van der Waals surface area contributed by atoms with E-state index in [4.69, 9.17) is 4.74 Å². The molecule has 32 heavy (non-hydrogen) atoms. The Morgan fingerprint density at radius 2 is 1.62 bits per heavy atom. The summed E-state index contributed by atoms with van der Waals surface area (Å²) < 4.78 is 5.94. The molecule has 0 atom stereocenters. The predicted octanol–water partition coefficient (Wildman–Crippen LogP) is 5.32. The summed E-state index contributed by atoms with van der Waals surface area (Å²) in [6, 6.07) is 13.8. The molecule has 0 aromatic heterocycles. The summed E-state index contributed by atoms with van der Waals surface area (Å²) in [5.41, 5.74) is 3.97. The van der Waals surface area contributed by atoms with Gasteiger partial charge >= 0.3 is 0 Å². The van der Waals surface area contributed by atoms with E-state index in [0.717, 1.165) is 16.9 Å². The molecular formula is C27H38N2O3. The van der Waals surface area contributed by atoms with Crippen molar-refractivity contribution in [1.29, 1.82) is 0 Å². The zero-order valence-corrected chi connectivity index (χ0v) is 20.8. The molecule has 0 fully saturated rings. The molecule has 0 aliphatic carbocycles. The van der Waals surface area contributed by atoms with Crippen LogP contribution < -0.4 is 10.1 Å². The fourth-order valence-electron chi connectivity index (χ4n) is 3.33. The predicted molar refractivity (Wildman–Crippen MR) is 131 cm³/mol. The smallest absolute Gasteiger partial charge is 0.262 e. The number of amides is 2. The molecule has 0 aliphatic heterocycles. The van der Waals surface area contributed by atoms with Crippen LogP contribution in [-0.2, 0) is 26.8 Å². The van der Waals surface area contributed by atoms with E-state index in [0.29, 0.717) is 18.5 Å². The normalized spacial score (nSPS) is 11.8. The molecule has 2 aromatic rings. The Bertz CT molecular complexity index is 950. The van der Waals surface area contributed by atoms with E-state index in [9.17, 15) is 9.59 Å². The van der Waals surface area contributed by atoms with Crippen LogP contribution in [0.2, 0.25) is 0 Å². The number of benzene rings is 2. The number of aryl methyl sites for hydroxylation is 1. The Balaban J connectivity index is 2.04. The maximum atomic E-state index is 12.5. The molecule has 2 amide bonds. The van der Waals surface area contributed by atoms with E-state index in [2.05, 4.69) is 59.0 Å². The Morgan fingerprint density at radius 3 is 2.22 bits per heavy atom. The van der Waals surface area contributed by atoms with Gasteiger partial charge in [-0.25, -0.2) is 0 Å². The van der Waals surface area contributed by atoms with Crippen molar-refractivity contribution in [3.63, 3.8) is 0 Å². The number of anilines is 1. The van der Waals surface area contributed by atoms with Crippen LogP contribution in [0.1, 0.15) is 64.7 Å².